The maximum Gasteiger partial charge on any atom is 0.511 e. The third kappa shape index (κ3) is 5.11. The Morgan fingerprint density at radius 3 is 2.18 bits per heavy atom. The van der Waals surface area contributed by atoms with E-state index < -0.39 is 11.9 Å². The molecule has 0 aliphatic heterocycles. The van der Waals surface area contributed by atoms with Crippen molar-refractivity contribution in [1.82, 2.24) is 0 Å². The number of rotatable bonds is 8. The Morgan fingerprint density at radius 1 is 1.00 bits per heavy atom. The second kappa shape index (κ2) is 9.33. The summed E-state index contributed by atoms with van der Waals surface area (Å²) in [7, 11) is 0. The molecule has 0 aliphatic carbocycles. The van der Waals surface area contributed by atoms with E-state index in [2.05, 4.69) is 11.7 Å². The maximum absolute atomic E-state index is 10.8. The number of halogens is 3. The fourth-order valence-electron chi connectivity index (χ4n) is 2.18. The average molecular weight is 370 g/mol. The lowest BCUT2D eigenvalue weighted by Gasteiger charge is -2.15. The largest absolute Gasteiger partial charge is 0.511 e. The molecule has 22 heavy (non-hydrogen) atoms. The Hall–Kier alpha value is -0.840. The van der Waals surface area contributed by atoms with Crippen molar-refractivity contribution in [3.63, 3.8) is 0 Å². The van der Waals surface area contributed by atoms with Crippen molar-refractivity contribution < 1.29 is 19.7 Å². The zero-order chi connectivity index (χ0) is 16.7. The number of ether oxygens (including phenoxy) is 1. The van der Waals surface area contributed by atoms with Crippen LogP contribution in [-0.2, 0) is 6.42 Å². The van der Waals surface area contributed by atoms with Crippen molar-refractivity contribution in [2.24, 2.45) is 0 Å². The molecular weight excluding hydrogens is 351 g/mol. The Balaban J connectivity index is 2.89. The molecular formula is C15H19Cl3O4. The number of phenolic OH excluding ortho intramolecular Hbond substituents is 1. The fraction of sp³-hybridized carbons (Fsp3) is 0.533. The number of benzene rings is 1. The molecule has 1 rings (SSSR count). The number of unbranched alkanes of at least 4 members (excludes halogenated alkanes) is 5. The highest BCUT2D eigenvalue weighted by atomic mass is 35.5. The van der Waals surface area contributed by atoms with Gasteiger partial charge >= 0.3 is 6.16 Å². The van der Waals surface area contributed by atoms with Gasteiger partial charge in [0.15, 0.2) is 11.5 Å². The predicted octanol–water partition coefficient (Wildman–Crippen LogP) is 6.31. The molecule has 7 heteroatoms. The van der Waals surface area contributed by atoms with E-state index in [1.807, 2.05) is 0 Å². The van der Waals surface area contributed by atoms with Crippen LogP contribution in [0.3, 0.4) is 0 Å². The molecule has 1 aromatic rings. The smallest absolute Gasteiger partial charge is 0.503 e. The fourth-order valence-corrected chi connectivity index (χ4v) is 2.88. The van der Waals surface area contributed by atoms with Gasteiger partial charge in [0.05, 0.1) is 10.0 Å². The lowest BCUT2D eigenvalue weighted by molar-refractivity contribution is 0.142. The molecule has 0 saturated carbocycles. The molecule has 124 valence electrons. The molecule has 0 aliphatic rings. The van der Waals surface area contributed by atoms with Crippen molar-refractivity contribution in [3.05, 3.63) is 20.6 Å². The van der Waals surface area contributed by atoms with Gasteiger partial charge in [0.1, 0.15) is 5.02 Å². The quantitative estimate of drug-likeness (QED) is 0.244. The summed E-state index contributed by atoms with van der Waals surface area (Å²) in [5, 5.41) is 18.6. The lowest BCUT2D eigenvalue weighted by Crippen LogP contribution is -2.07. The van der Waals surface area contributed by atoms with Crippen molar-refractivity contribution in [1.29, 1.82) is 0 Å². The summed E-state index contributed by atoms with van der Waals surface area (Å²) in [6.45, 7) is 2.15. The van der Waals surface area contributed by atoms with E-state index in [1.165, 1.54) is 12.8 Å². The van der Waals surface area contributed by atoms with Crippen LogP contribution in [-0.4, -0.2) is 16.4 Å². The minimum atomic E-state index is -1.55. The van der Waals surface area contributed by atoms with Crippen LogP contribution in [0.5, 0.6) is 11.5 Å². The molecule has 0 bridgehead atoms. The molecule has 0 aromatic heterocycles. The zero-order valence-electron chi connectivity index (χ0n) is 12.3. The van der Waals surface area contributed by atoms with Gasteiger partial charge in [-0.05, 0) is 12.8 Å². The van der Waals surface area contributed by atoms with Crippen LogP contribution < -0.4 is 4.74 Å². The number of hydrogen-bond donors (Lipinski definition) is 2. The SMILES string of the molecule is CCCCCCCCc1c(Cl)c(Cl)c(Cl)c(O)c1OC(=O)O. The van der Waals surface area contributed by atoms with E-state index in [-0.39, 0.29) is 20.8 Å². The van der Waals surface area contributed by atoms with E-state index >= 15 is 0 Å². The summed E-state index contributed by atoms with van der Waals surface area (Å²) in [5.74, 6) is -0.736. The molecule has 2 N–H and O–H groups in total. The molecule has 0 heterocycles. The van der Waals surface area contributed by atoms with Gasteiger partial charge in [-0.1, -0.05) is 73.8 Å². The Morgan fingerprint density at radius 2 is 1.59 bits per heavy atom. The highest BCUT2D eigenvalue weighted by Gasteiger charge is 2.23. The maximum atomic E-state index is 10.8. The van der Waals surface area contributed by atoms with Crippen molar-refractivity contribution >= 4 is 41.0 Å². The van der Waals surface area contributed by atoms with E-state index in [9.17, 15) is 9.90 Å². The van der Waals surface area contributed by atoms with Gasteiger partial charge in [-0.25, -0.2) is 4.79 Å². The first-order valence-electron chi connectivity index (χ1n) is 7.19. The predicted molar refractivity (Wildman–Crippen MR) is 88.9 cm³/mol. The van der Waals surface area contributed by atoms with Gasteiger partial charge in [-0.3, -0.25) is 0 Å². The molecule has 0 fully saturated rings. The second-order valence-corrected chi connectivity index (χ2v) is 6.12. The van der Waals surface area contributed by atoms with Crippen LogP contribution in [0, 0.1) is 0 Å². The third-order valence-electron chi connectivity index (χ3n) is 3.32. The standard InChI is InChI=1S/C15H19Cl3O4/c1-2-3-4-5-6-7-8-9-10(16)11(17)12(18)13(19)14(9)22-15(20)21/h19H,2-8H2,1H3,(H,20,21). The normalized spacial score (nSPS) is 10.7. The molecule has 0 radical (unpaired) electrons. The summed E-state index contributed by atoms with van der Waals surface area (Å²) < 4.78 is 4.63. The topological polar surface area (TPSA) is 66.8 Å². The summed E-state index contributed by atoms with van der Waals surface area (Å²) in [5.41, 5.74) is 0.367. The highest BCUT2D eigenvalue weighted by molar-refractivity contribution is 6.49. The number of phenols is 1. The van der Waals surface area contributed by atoms with Crippen LogP contribution in [0.15, 0.2) is 0 Å². The highest BCUT2D eigenvalue weighted by Crippen LogP contribution is 2.47. The van der Waals surface area contributed by atoms with Gasteiger partial charge in [0.25, 0.3) is 0 Å². The van der Waals surface area contributed by atoms with Gasteiger partial charge in [-0.2, -0.15) is 0 Å². The summed E-state index contributed by atoms with van der Waals surface area (Å²) >= 11 is 17.9. The molecule has 0 spiro atoms. The molecule has 0 atom stereocenters. The van der Waals surface area contributed by atoms with Crippen LogP contribution in [0.4, 0.5) is 4.79 Å². The van der Waals surface area contributed by atoms with Crippen LogP contribution in [0.1, 0.15) is 51.0 Å². The summed E-state index contributed by atoms with van der Waals surface area (Å²) in [4.78, 5) is 10.8. The Bertz CT molecular complexity index is 532. The number of carboxylic acid groups (broad SMARTS) is 1. The Kier molecular flexibility index (Phi) is 8.15. The lowest BCUT2D eigenvalue weighted by atomic mass is 10.0. The minimum absolute atomic E-state index is 0.000412. The van der Waals surface area contributed by atoms with E-state index in [1.54, 1.807) is 0 Å². The number of aromatic hydroxyl groups is 1. The van der Waals surface area contributed by atoms with Gasteiger partial charge in [0, 0.05) is 5.56 Å². The van der Waals surface area contributed by atoms with Crippen molar-refractivity contribution in [2.75, 3.05) is 0 Å². The van der Waals surface area contributed by atoms with Gasteiger partial charge in [-0.15, -0.1) is 0 Å². The monoisotopic (exact) mass is 368 g/mol. The zero-order valence-corrected chi connectivity index (χ0v) is 14.6. The van der Waals surface area contributed by atoms with Crippen LogP contribution in [0.2, 0.25) is 15.1 Å². The van der Waals surface area contributed by atoms with Crippen molar-refractivity contribution in [3.8, 4) is 11.5 Å². The summed E-state index contributed by atoms with van der Waals surface area (Å²) in [6.07, 6.45) is 5.29. The Labute approximate surface area is 144 Å². The van der Waals surface area contributed by atoms with E-state index in [0.717, 1.165) is 25.7 Å². The first-order valence-corrected chi connectivity index (χ1v) is 8.32. The number of carbonyl (C=O) groups is 1. The molecule has 0 unspecified atom stereocenters. The molecule has 4 nitrogen and oxygen atoms in total. The summed E-state index contributed by atoms with van der Waals surface area (Å²) in [6, 6.07) is 0. The first-order chi connectivity index (χ1) is 10.4. The van der Waals surface area contributed by atoms with E-state index in [0.29, 0.717) is 12.0 Å². The third-order valence-corrected chi connectivity index (χ3v) is 4.67. The van der Waals surface area contributed by atoms with Gasteiger partial charge in [0.2, 0.25) is 0 Å². The van der Waals surface area contributed by atoms with E-state index in [4.69, 9.17) is 39.9 Å². The van der Waals surface area contributed by atoms with Crippen molar-refractivity contribution in [2.45, 2.75) is 51.9 Å². The first kappa shape index (κ1) is 19.2. The number of hydrogen-bond acceptors (Lipinski definition) is 3. The minimum Gasteiger partial charge on any atom is -0.503 e. The van der Waals surface area contributed by atoms with Gasteiger partial charge < -0.3 is 14.9 Å². The molecule has 1 aromatic carbocycles. The average Bonchev–Trinajstić information content (AvgIpc) is 2.48. The van der Waals surface area contributed by atoms with Crippen LogP contribution >= 0.6 is 34.8 Å². The molecule has 0 amide bonds. The second-order valence-electron chi connectivity index (χ2n) is 4.98. The molecule has 0 saturated heterocycles. The van der Waals surface area contributed by atoms with Crippen LogP contribution in [0.25, 0.3) is 0 Å².